The molecule has 1 heterocycles. The Labute approximate surface area is 157 Å². The maximum absolute atomic E-state index is 12.1. The molecule has 3 aromatic rings. The lowest BCUT2D eigenvalue weighted by Crippen LogP contribution is -2.32. The number of nitrogens with one attached hydrogen (secondary N) is 2. The van der Waals surface area contributed by atoms with Gasteiger partial charge in [0, 0.05) is 11.6 Å². The number of methoxy groups -OCH3 is 2. The Bertz CT molecular complexity index is 925. The predicted octanol–water partition coefficient (Wildman–Crippen LogP) is 3.45. The van der Waals surface area contributed by atoms with Gasteiger partial charge in [0.05, 0.1) is 32.0 Å². The minimum atomic E-state index is -0.325. The molecule has 3 rings (SSSR count). The average molecular weight is 367 g/mol. The third-order valence-electron chi connectivity index (χ3n) is 3.89. The van der Waals surface area contributed by atoms with E-state index in [1.165, 1.54) is 0 Å². The van der Waals surface area contributed by atoms with Gasteiger partial charge in [-0.1, -0.05) is 24.3 Å². The predicted molar refractivity (Wildman–Crippen MR) is 104 cm³/mol. The van der Waals surface area contributed by atoms with Crippen molar-refractivity contribution in [3.8, 4) is 17.2 Å². The molecule has 0 aliphatic carbocycles. The summed E-state index contributed by atoms with van der Waals surface area (Å²) in [6.07, 6.45) is 1.70. The summed E-state index contributed by atoms with van der Waals surface area (Å²) >= 11 is 0. The van der Waals surface area contributed by atoms with Crippen LogP contribution in [0.3, 0.4) is 0 Å². The number of fused-ring (bicyclic) bond motifs is 1. The van der Waals surface area contributed by atoms with Gasteiger partial charge in [-0.25, -0.2) is 4.79 Å². The van der Waals surface area contributed by atoms with Gasteiger partial charge in [0.15, 0.2) is 11.5 Å². The van der Waals surface area contributed by atoms with E-state index < -0.39 is 0 Å². The molecule has 0 saturated heterocycles. The van der Waals surface area contributed by atoms with Crippen molar-refractivity contribution < 1.29 is 19.0 Å². The number of aromatic nitrogens is 1. The zero-order valence-electron chi connectivity index (χ0n) is 15.2. The number of amides is 2. The van der Waals surface area contributed by atoms with Crippen molar-refractivity contribution in [2.24, 2.45) is 0 Å². The molecule has 0 aliphatic rings. The third-order valence-corrected chi connectivity index (χ3v) is 3.89. The van der Waals surface area contributed by atoms with E-state index in [9.17, 15) is 4.79 Å². The number of rotatable bonds is 7. The number of hydrogen-bond donors (Lipinski definition) is 2. The number of anilines is 1. The molecule has 0 unspecified atom stereocenters. The molecule has 0 spiro atoms. The fourth-order valence-corrected chi connectivity index (χ4v) is 2.67. The first-order chi connectivity index (χ1) is 13.2. The Morgan fingerprint density at radius 2 is 1.78 bits per heavy atom. The first-order valence-electron chi connectivity index (χ1n) is 8.45. The van der Waals surface area contributed by atoms with Crippen LogP contribution in [0.2, 0.25) is 0 Å². The molecule has 0 bridgehead atoms. The van der Waals surface area contributed by atoms with E-state index in [4.69, 9.17) is 14.2 Å². The molecule has 7 heteroatoms. The molecule has 2 aromatic carbocycles. The normalized spacial score (nSPS) is 10.3. The van der Waals surface area contributed by atoms with Gasteiger partial charge in [0.2, 0.25) is 5.75 Å². The van der Waals surface area contributed by atoms with Crippen LogP contribution >= 0.6 is 0 Å². The smallest absolute Gasteiger partial charge is 0.319 e. The summed E-state index contributed by atoms with van der Waals surface area (Å²) in [5, 5.41) is 6.53. The molecule has 140 valence electrons. The van der Waals surface area contributed by atoms with E-state index >= 15 is 0 Å². The van der Waals surface area contributed by atoms with Gasteiger partial charge in [0.25, 0.3) is 0 Å². The zero-order valence-corrected chi connectivity index (χ0v) is 15.2. The standard InChI is InChI=1S/C20H21N3O4/c1-25-16-9-4-10-17(19(16)26-2)27-13-12-22-20(24)23-15-8-3-6-14-7-5-11-21-18(14)15/h3-11H,12-13H2,1-2H3,(H2,22,23,24). The molecule has 7 nitrogen and oxygen atoms in total. The lowest BCUT2D eigenvalue weighted by Gasteiger charge is -2.14. The molecule has 1 aromatic heterocycles. The molecule has 0 fully saturated rings. The topological polar surface area (TPSA) is 81.7 Å². The number of hydrogen-bond acceptors (Lipinski definition) is 5. The van der Waals surface area contributed by atoms with Gasteiger partial charge >= 0.3 is 6.03 Å². The monoisotopic (exact) mass is 367 g/mol. The summed E-state index contributed by atoms with van der Waals surface area (Å²) in [5.74, 6) is 1.66. The quantitative estimate of drug-likeness (QED) is 0.625. The van der Waals surface area contributed by atoms with Crippen molar-refractivity contribution in [3.63, 3.8) is 0 Å². The Hall–Kier alpha value is -3.48. The molecule has 2 amide bonds. The van der Waals surface area contributed by atoms with Crippen molar-refractivity contribution in [1.82, 2.24) is 10.3 Å². The van der Waals surface area contributed by atoms with E-state index in [1.54, 1.807) is 32.5 Å². The maximum Gasteiger partial charge on any atom is 0.319 e. The van der Waals surface area contributed by atoms with Crippen LogP contribution in [0, 0.1) is 0 Å². The Kier molecular flexibility index (Phi) is 5.94. The summed E-state index contributed by atoms with van der Waals surface area (Å²) in [6, 6.07) is 14.5. The molecule has 2 N–H and O–H groups in total. The van der Waals surface area contributed by atoms with Crippen molar-refractivity contribution in [2.75, 3.05) is 32.7 Å². The molecule has 0 saturated carbocycles. The van der Waals surface area contributed by atoms with Crippen LogP contribution in [0.4, 0.5) is 10.5 Å². The second-order valence-electron chi connectivity index (χ2n) is 5.60. The zero-order chi connectivity index (χ0) is 19.1. The molecule has 27 heavy (non-hydrogen) atoms. The highest BCUT2D eigenvalue weighted by Gasteiger charge is 2.11. The summed E-state index contributed by atoms with van der Waals surface area (Å²) in [7, 11) is 3.12. The SMILES string of the molecule is COc1cccc(OCCNC(=O)Nc2cccc3cccnc23)c1OC. The summed E-state index contributed by atoms with van der Waals surface area (Å²) < 4.78 is 16.2. The maximum atomic E-state index is 12.1. The number of carbonyl (C=O) groups is 1. The Morgan fingerprint density at radius 3 is 2.59 bits per heavy atom. The number of nitrogens with zero attached hydrogens (tertiary/aromatic N) is 1. The van der Waals surface area contributed by atoms with E-state index in [2.05, 4.69) is 15.6 Å². The third kappa shape index (κ3) is 4.38. The van der Waals surface area contributed by atoms with E-state index in [1.807, 2.05) is 36.4 Å². The van der Waals surface area contributed by atoms with Crippen molar-refractivity contribution in [3.05, 3.63) is 54.7 Å². The largest absolute Gasteiger partial charge is 0.493 e. The van der Waals surface area contributed by atoms with E-state index in [-0.39, 0.29) is 12.6 Å². The summed E-state index contributed by atoms with van der Waals surface area (Å²) in [4.78, 5) is 16.5. The van der Waals surface area contributed by atoms with Gasteiger partial charge in [0.1, 0.15) is 6.61 Å². The highest BCUT2D eigenvalue weighted by Crippen LogP contribution is 2.36. The first kappa shape index (κ1) is 18.3. The summed E-state index contributed by atoms with van der Waals surface area (Å²) in [6.45, 7) is 0.606. The Balaban J connectivity index is 1.53. The molecule has 0 radical (unpaired) electrons. The van der Waals surface area contributed by atoms with Crippen LogP contribution in [-0.4, -0.2) is 38.4 Å². The van der Waals surface area contributed by atoms with E-state index in [0.717, 1.165) is 10.9 Å². The number of benzene rings is 2. The van der Waals surface area contributed by atoms with Crippen molar-refractivity contribution >= 4 is 22.6 Å². The van der Waals surface area contributed by atoms with Crippen LogP contribution in [0.5, 0.6) is 17.2 Å². The van der Waals surface area contributed by atoms with Gasteiger partial charge < -0.3 is 24.8 Å². The second-order valence-corrected chi connectivity index (χ2v) is 5.60. The van der Waals surface area contributed by atoms with Crippen LogP contribution in [-0.2, 0) is 0 Å². The summed E-state index contributed by atoms with van der Waals surface area (Å²) in [5.41, 5.74) is 1.40. The molecule has 0 atom stereocenters. The molecular weight excluding hydrogens is 346 g/mol. The average Bonchev–Trinajstić information content (AvgIpc) is 2.71. The number of pyridine rings is 1. The fraction of sp³-hybridized carbons (Fsp3) is 0.200. The van der Waals surface area contributed by atoms with E-state index in [0.29, 0.717) is 29.5 Å². The number of para-hydroxylation sites is 2. The highest BCUT2D eigenvalue weighted by atomic mass is 16.5. The minimum Gasteiger partial charge on any atom is -0.493 e. The second kappa shape index (κ2) is 8.75. The number of ether oxygens (including phenoxy) is 3. The van der Waals surface area contributed by atoms with Gasteiger partial charge in [-0.15, -0.1) is 0 Å². The van der Waals surface area contributed by atoms with Gasteiger partial charge in [-0.3, -0.25) is 4.98 Å². The Morgan fingerprint density at radius 1 is 1.00 bits per heavy atom. The van der Waals surface area contributed by atoms with Crippen LogP contribution < -0.4 is 24.8 Å². The van der Waals surface area contributed by atoms with Crippen LogP contribution in [0.15, 0.2) is 54.7 Å². The van der Waals surface area contributed by atoms with Gasteiger partial charge in [-0.05, 0) is 24.3 Å². The van der Waals surface area contributed by atoms with Crippen molar-refractivity contribution in [1.29, 1.82) is 0 Å². The lowest BCUT2D eigenvalue weighted by atomic mass is 10.2. The van der Waals surface area contributed by atoms with Crippen LogP contribution in [0.25, 0.3) is 10.9 Å². The van der Waals surface area contributed by atoms with Crippen molar-refractivity contribution in [2.45, 2.75) is 0 Å². The number of urea groups is 1. The number of carbonyl (C=O) groups excluding carboxylic acids is 1. The highest BCUT2D eigenvalue weighted by molar-refractivity contribution is 5.99. The van der Waals surface area contributed by atoms with Gasteiger partial charge in [-0.2, -0.15) is 0 Å². The fourth-order valence-electron chi connectivity index (χ4n) is 2.67. The lowest BCUT2D eigenvalue weighted by molar-refractivity contribution is 0.245. The minimum absolute atomic E-state index is 0.282. The molecule has 0 aliphatic heterocycles. The molecular formula is C20H21N3O4. The first-order valence-corrected chi connectivity index (χ1v) is 8.45. The van der Waals surface area contributed by atoms with Crippen LogP contribution in [0.1, 0.15) is 0 Å².